The molecular formula is C8H9AsCl2N2O. The van der Waals surface area contributed by atoms with Gasteiger partial charge in [-0.1, -0.05) is 0 Å². The second kappa shape index (κ2) is 5.62. The van der Waals surface area contributed by atoms with Crippen molar-refractivity contribution < 1.29 is 4.79 Å². The Morgan fingerprint density at radius 1 is 1.36 bits per heavy atom. The Kier molecular flexibility index (Phi) is 4.76. The van der Waals surface area contributed by atoms with Crippen molar-refractivity contribution in [2.75, 3.05) is 11.9 Å². The van der Waals surface area contributed by atoms with Gasteiger partial charge in [-0.15, -0.1) is 0 Å². The van der Waals surface area contributed by atoms with Crippen LogP contribution in [0.4, 0.5) is 5.69 Å². The molecule has 0 atom stereocenters. The zero-order chi connectivity index (χ0) is 10.6. The van der Waals surface area contributed by atoms with Crippen molar-refractivity contribution in [1.29, 1.82) is 0 Å². The normalized spacial score (nSPS) is 10.3. The van der Waals surface area contributed by atoms with Gasteiger partial charge in [-0.05, 0) is 0 Å². The Labute approximate surface area is 95.1 Å². The number of hydrogen-bond donors (Lipinski definition) is 2. The first-order valence-corrected chi connectivity index (χ1v) is 9.72. The summed E-state index contributed by atoms with van der Waals surface area (Å²) in [6.07, 6.45) is 0. The van der Waals surface area contributed by atoms with Crippen LogP contribution in [0.5, 0.6) is 0 Å². The Morgan fingerprint density at radius 3 is 2.36 bits per heavy atom. The summed E-state index contributed by atoms with van der Waals surface area (Å²) in [5.41, 5.74) is 5.85. The summed E-state index contributed by atoms with van der Waals surface area (Å²) in [6, 6.07) is 7.14. The van der Waals surface area contributed by atoms with E-state index < -0.39 is 12.8 Å². The molecule has 0 saturated heterocycles. The van der Waals surface area contributed by atoms with Crippen molar-refractivity contribution in [3.05, 3.63) is 24.3 Å². The molecule has 6 heteroatoms. The van der Waals surface area contributed by atoms with Crippen LogP contribution in [0.15, 0.2) is 24.3 Å². The molecule has 1 aromatic carbocycles. The first-order chi connectivity index (χ1) is 6.63. The zero-order valence-electron chi connectivity index (χ0n) is 7.21. The van der Waals surface area contributed by atoms with Gasteiger partial charge in [0.1, 0.15) is 0 Å². The van der Waals surface area contributed by atoms with Crippen molar-refractivity contribution in [2.24, 2.45) is 5.73 Å². The van der Waals surface area contributed by atoms with Gasteiger partial charge in [0.05, 0.1) is 0 Å². The zero-order valence-corrected chi connectivity index (χ0v) is 10.6. The second-order valence-electron chi connectivity index (χ2n) is 2.53. The van der Waals surface area contributed by atoms with Crippen molar-refractivity contribution in [1.82, 2.24) is 0 Å². The second-order valence-corrected chi connectivity index (χ2v) is 9.01. The number of anilines is 1. The number of amides is 1. The molecule has 1 rings (SSSR count). The van der Waals surface area contributed by atoms with Gasteiger partial charge in [0, 0.05) is 0 Å². The molecule has 0 heterocycles. The third-order valence-corrected chi connectivity index (χ3v) is 5.00. The van der Waals surface area contributed by atoms with Gasteiger partial charge in [-0.3, -0.25) is 0 Å². The number of halogens is 2. The Balaban J connectivity index is 2.69. The number of hydrogen-bond acceptors (Lipinski definition) is 2. The molecule has 0 aliphatic carbocycles. The van der Waals surface area contributed by atoms with Crippen molar-refractivity contribution >= 4 is 48.6 Å². The van der Waals surface area contributed by atoms with Crippen molar-refractivity contribution in [3.8, 4) is 0 Å². The van der Waals surface area contributed by atoms with Crippen LogP contribution >= 0.6 is 19.9 Å². The van der Waals surface area contributed by atoms with E-state index in [4.69, 9.17) is 25.6 Å². The van der Waals surface area contributed by atoms with E-state index in [0.29, 0.717) is 5.69 Å². The van der Waals surface area contributed by atoms with Gasteiger partial charge >= 0.3 is 95.3 Å². The summed E-state index contributed by atoms with van der Waals surface area (Å²) in [5.74, 6) is -0.219. The molecule has 0 aliphatic rings. The molecule has 3 N–H and O–H groups in total. The fourth-order valence-electron chi connectivity index (χ4n) is 0.869. The molecule has 0 aromatic heterocycles. The van der Waals surface area contributed by atoms with E-state index in [1.54, 1.807) is 12.1 Å². The number of nitrogens with one attached hydrogen (secondary N) is 1. The molecule has 1 aromatic rings. The topological polar surface area (TPSA) is 55.1 Å². The molecule has 0 aliphatic heterocycles. The summed E-state index contributed by atoms with van der Waals surface area (Å²) in [6.45, 7) is -0.0232. The summed E-state index contributed by atoms with van der Waals surface area (Å²) in [4.78, 5) is 10.9. The predicted octanol–water partition coefficient (Wildman–Crippen LogP) is 0.757. The van der Waals surface area contributed by atoms with Gasteiger partial charge in [0.25, 0.3) is 0 Å². The fourth-order valence-corrected chi connectivity index (χ4v) is 2.83. The third kappa shape index (κ3) is 3.50. The van der Waals surface area contributed by atoms with E-state index in [1.165, 1.54) is 0 Å². The molecule has 0 bridgehead atoms. The van der Waals surface area contributed by atoms with Crippen LogP contribution in [0.25, 0.3) is 0 Å². The van der Waals surface area contributed by atoms with Gasteiger partial charge < -0.3 is 0 Å². The molecule has 14 heavy (non-hydrogen) atoms. The number of nitrogens with two attached hydrogens (primary N) is 1. The average molecular weight is 295 g/mol. The summed E-state index contributed by atoms with van der Waals surface area (Å²) < 4.78 is 0.937. The molecule has 0 spiro atoms. The van der Waals surface area contributed by atoms with Crippen LogP contribution in [-0.4, -0.2) is 25.2 Å². The van der Waals surface area contributed by atoms with E-state index in [-0.39, 0.29) is 12.5 Å². The molecule has 0 radical (unpaired) electrons. The van der Waals surface area contributed by atoms with Crippen LogP contribution in [0, 0.1) is 0 Å². The molecular weight excluding hydrogens is 286 g/mol. The van der Waals surface area contributed by atoms with Crippen LogP contribution in [-0.2, 0) is 4.79 Å². The standard InChI is InChI=1S/C8H9AsCl2N2O/c10-9(11)6-1-3-7(4-2-6)13-8(14)5-12/h1-4H,5,12H2,(H,13,14). The summed E-state index contributed by atoms with van der Waals surface area (Å²) >= 11 is -1.85. The summed E-state index contributed by atoms with van der Waals surface area (Å²) in [7, 11) is 11.6. The number of carbonyl (C=O) groups excluding carboxylic acids is 1. The minimum absolute atomic E-state index is 0.0232. The Bertz CT molecular complexity index is 316. The molecule has 76 valence electrons. The number of carbonyl (C=O) groups is 1. The van der Waals surface area contributed by atoms with E-state index in [1.807, 2.05) is 12.1 Å². The van der Waals surface area contributed by atoms with E-state index in [9.17, 15) is 4.79 Å². The van der Waals surface area contributed by atoms with Gasteiger partial charge in [-0.25, -0.2) is 0 Å². The number of rotatable bonds is 3. The Morgan fingerprint density at radius 2 is 1.93 bits per heavy atom. The average Bonchev–Trinajstić information content (AvgIpc) is 2.18. The maximum absolute atomic E-state index is 10.9. The van der Waals surface area contributed by atoms with E-state index in [0.717, 1.165) is 4.35 Å². The predicted molar refractivity (Wildman–Crippen MR) is 61.2 cm³/mol. The van der Waals surface area contributed by atoms with Crippen LogP contribution in [0.1, 0.15) is 0 Å². The molecule has 1 amide bonds. The number of benzene rings is 1. The minimum atomic E-state index is -1.85. The first-order valence-electron chi connectivity index (χ1n) is 3.85. The van der Waals surface area contributed by atoms with Crippen LogP contribution in [0.3, 0.4) is 0 Å². The molecule has 0 saturated carbocycles. The van der Waals surface area contributed by atoms with Gasteiger partial charge in [0.2, 0.25) is 0 Å². The fraction of sp³-hybridized carbons (Fsp3) is 0.125. The molecule has 0 unspecified atom stereocenters. The van der Waals surface area contributed by atoms with E-state index in [2.05, 4.69) is 5.32 Å². The quantitative estimate of drug-likeness (QED) is 0.809. The SMILES string of the molecule is NCC(=O)Nc1ccc([As](Cl)Cl)cc1. The van der Waals surface area contributed by atoms with Crippen molar-refractivity contribution in [3.63, 3.8) is 0 Å². The van der Waals surface area contributed by atoms with Crippen molar-refractivity contribution in [2.45, 2.75) is 0 Å². The monoisotopic (exact) mass is 294 g/mol. The van der Waals surface area contributed by atoms with Crippen LogP contribution in [0.2, 0.25) is 0 Å². The Hall–Kier alpha value is -0.212. The van der Waals surface area contributed by atoms with Gasteiger partial charge in [0.15, 0.2) is 0 Å². The molecule has 3 nitrogen and oxygen atoms in total. The molecule has 0 fully saturated rings. The summed E-state index contributed by atoms with van der Waals surface area (Å²) in [5, 5.41) is 2.62. The van der Waals surface area contributed by atoms with E-state index >= 15 is 0 Å². The van der Waals surface area contributed by atoms with Crippen LogP contribution < -0.4 is 15.4 Å². The maximum atomic E-state index is 10.9. The third-order valence-electron chi connectivity index (χ3n) is 1.53. The first kappa shape index (κ1) is 11.9. The van der Waals surface area contributed by atoms with Gasteiger partial charge in [-0.2, -0.15) is 0 Å².